The number of hydrogen-bond donors (Lipinski definition) is 0. The third kappa shape index (κ3) is 3.39. The summed E-state index contributed by atoms with van der Waals surface area (Å²) >= 11 is 0. The Morgan fingerprint density at radius 3 is 2.00 bits per heavy atom. The van der Waals surface area contributed by atoms with Crippen LogP contribution in [0, 0.1) is 0 Å². The smallest absolute Gasteiger partial charge is 0.145 e. The zero-order valence-electron chi connectivity index (χ0n) is 24.1. The number of para-hydroxylation sites is 4. The molecular formula is C40H29N3. The normalized spacial score (nSPS) is 13.5. The van der Waals surface area contributed by atoms with Gasteiger partial charge in [-0.25, -0.2) is 4.98 Å². The largest absolute Gasteiger partial charge is 0.309 e. The molecule has 0 radical (unpaired) electrons. The zero-order valence-corrected chi connectivity index (χ0v) is 24.1. The summed E-state index contributed by atoms with van der Waals surface area (Å²) in [7, 11) is 0. The summed E-state index contributed by atoms with van der Waals surface area (Å²) in [6, 6.07) is 50.3. The molecule has 3 nitrogen and oxygen atoms in total. The number of hydrogen-bond acceptors (Lipinski definition) is 1. The molecule has 6 aromatic carbocycles. The van der Waals surface area contributed by atoms with Gasteiger partial charge in [0, 0.05) is 33.1 Å². The van der Waals surface area contributed by atoms with Crippen molar-refractivity contribution in [1.82, 2.24) is 14.1 Å². The van der Waals surface area contributed by atoms with E-state index >= 15 is 0 Å². The predicted octanol–water partition coefficient (Wildman–Crippen LogP) is 10.1. The molecule has 2 aromatic heterocycles. The highest BCUT2D eigenvalue weighted by atomic mass is 15.1. The molecule has 204 valence electrons. The van der Waals surface area contributed by atoms with Crippen molar-refractivity contribution in [3.8, 4) is 33.9 Å². The molecule has 0 saturated carbocycles. The van der Waals surface area contributed by atoms with Crippen molar-refractivity contribution in [1.29, 1.82) is 0 Å². The number of imidazole rings is 1. The fourth-order valence-electron chi connectivity index (χ4n) is 7.26. The summed E-state index contributed by atoms with van der Waals surface area (Å²) in [6.07, 6.45) is 0. The minimum atomic E-state index is -0.0538. The molecule has 0 fully saturated rings. The minimum absolute atomic E-state index is 0.0538. The van der Waals surface area contributed by atoms with Gasteiger partial charge in [0.2, 0.25) is 0 Å². The van der Waals surface area contributed by atoms with Gasteiger partial charge < -0.3 is 4.57 Å². The molecular weight excluding hydrogens is 522 g/mol. The monoisotopic (exact) mass is 551 g/mol. The molecule has 0 atom stereocenters. The number of benzene rings is 6. The van der Waals surface area contributed by atoms with Crippen LogP contribution in [0.4, 0.5) is 0 Å². The first-order chi connectivity index (χ1) is 21.1. The molecule has 2 heterocycles. The summed E-state index contributed by atoms with van der Waals surface area (Å²) in [5.74, 6) is 0.943. The molecule has 0 N–H and O–H groups in total. The Labute approximate surface area is 250 Å². The summed E-state index contributed by atoms with van der Waals surface area (Å²) in [6.45, 7) is 4.70. The summed E-state index contributed by atoms with van der Waals surface area (Å²) in [5, 5.41) is 2.56. The number of nitrogens with zero attached hydrogens (tertiary/aromatic N) is 3. The summed E-state index contributed by atoms with van der Waals surface area (Å²) in [4.78, 5) is 5.08. The molecule has 0 unspecified atom stereocenters. The van der Waals surface area contributed by atoms with Crippen LogP contribution in [-0.2, 0) is 5.41 Å². The van der Waals surface area contributed by atoms with Crippen molar-refractivity contribution in [2.75, 3.05) is 0 Å². The molecule has 1 aliphatic rings. The van der Waals surface area contributed by atoms with Gasteiger partial charge >= 0.3 is 0 Å². The van der Waals surface area contributed by atoms with Crippen molar-refractivity contribution >= 4 is 32.8 Å². The first-order valence-electron chi connectivity index (χ1n) is 14.9. The molecule has 0 spiro atoms. The van der Waals surface area contributed by atoms with Gasteiger partial charge in [0.05, 0.1) is 22.1 Å². The maximum atomic E-state index is 5.08. The second-order valence-corrected chi connectivity index (χ2v) is 12.1. The van der Waals surface area contributed by atoms with Gasteiger partial charge in [-0.05, 0) is 89.0 Å². The second-order valence-electron chi connectivity index (χ2n) is 12.1. The molecule has 0 aliphatic heterocycles. The van der Waals surface area contributed by atoms with Crippen molar-refractivity contribution in [3.63, 3.8) is 0 Å². The Kier molecular flexibility index (Phi) is 4.95. The predicted molar refractivity (Wildman–Crippen MR) is 178 cm³/mol. The van der Waals surface area contributed by atoms with E-state index in [1.807, 2.05) is 0 Å². The van der Waals surface area contributed by atoms with Gasteiger partial charge in [0.15, 0.2) is 0 Å². The van der Waals surface area contributed by atoms with Gasteiger partial charge in [-0.3, -0.25) is 4.57 Å². The van der Waals surface area contributed by atoms with Crippen molar-refractivity contribution < 1.29 is 0 Å². The van der Waals surface area contributed by atoms with Gasteiger partial charge in [-0.1, -0.05) is 86.6 Å². The molecule has 0 amide bonds. The maximum Gasteiger partial charge on any atom is 0.145 e. The van der Waals surface area contributed by atoms with E-state index in [9.17, 15) is 0 Å². The third-order valence-electron chi connectivity index (χ3n) is 9.33. The van der Waals surface area contributed by atoms with E-state index in [0.717, 1.165) is 33.8 Å². The van der Waals surface area contributed by atoms with Gasteiger partial charge in [-0.2, -0.15) is 0 Å². The summed E-state index contributed by atoms with van der Waals surface area (Å²) < 4.78 is 4.68. The number of aromatic nitrogens is 3. The van der Waals surface area contributed by atoms with Crippen LogP contribution in [0.25, 0.3) is 66.7 Å². The highest BCUT2D eigenvalue weighted by Crippen LogP contribution is 2.51. The van der Waals surface area contributed by atoms with Crippen LogP contribution < -0.4 is 0 Å². The summed E-state index contributed by atoms with van der Waals surface area (Å²) in [5.41, 5.74) is 13.3. The van der Waals surface area contributed by atoms with E-state index in [1.165, 1.54) is 44.1 Å². The Bertz CT molecular complexity index is 2350. The van der Waals surface area contributed by atoms with Crippen molar-refractivity contribution in [2.24, 2.45) is 0 Å². The SMILES string of the molecule is CC1(C)c2ccccc2-c2cc3c4ccccc4n(-c4ccc(-c5nc6ccccc6n5-c5ccccc5)cc4)c3cc21. The molecule has 8 aromatic rings. The minimum Gasteiger partial charge on any atom is -0.309 e. The lowest BCUT2D eigenvalue weighted by atomic mass is 9.82. The number of rotatable bonds is 3. The van der Waals surface area contributed by atoms with Crippen molar-refractivity contribution in [2.45, 2.75) is 19.3 Å². The highest BCUT2D eigenvalue weighted by molar-refractivity contribution is 6.11. The lowest BCUT2D eigenvalue weighted by molar-refractivity contribution is 0.661. The first-order valence-corrected chi connectivity index (χ1v) is 14.9. The average molecular weight is 552 g/mol. The highest BCUT2D eigenvalue weighted by Gasteiger charge is 2.36. The van der Waals surface area contributed by atoms with Gasteiger partial charge in [-0.15, -0.1) is 0 Å². The zero-order chi connectivity index (χ0) is 28.7. The maximum absolute atomic E-state index is 5.08. The van der Waals surface area contributed by atoms with Crippen LogP contribution in [-0.4, -0.2) is 14.1 Å². The first kappa shape index (κ1) is 24.2. The molecule has 3 heteroatoms. The van der Waals surface area contributed by atoms with E-state index in [-0.39, 0.29) is 5.41 Å². The van der Waals surface area contributed by atoms with Gasteiger partial charge in [0.25, 0.3) is 0 Å². The van der Waals surface area contributed by atoms with E-state index in [2.05, 4.69) is 163 Å². The number of fused-ring (bicyclic) bond motifs is 7. The Morgan fingerprint density at radius 2 is 1.16 bits per heavy atom. The fourth-order valence-corrected chi connectivity index (χ4v) is 7.26. The lowest BCUT2D eigenvalue weighted by Crippen LogP contribution is -2.14. The van der Waals surface area contributed by atoms with Crippen LogP contribution >= 0.6 is 0 Å². The molecule has 43 heavy (non-hydrogen) atoms. The Morgan fingerprint density at radius 1 is 0.488 bits per heavy atom. The van der Waals surface area contributed by atoms with E-state index in [4.69, 9.17) is 4.98 Å². The van der Waals surface area contributed by atoms with E-state index < -0.39 is 0 Å². The topological polar surface area (TPSA) is 22.8 Å². The fraction of sp³-hybridized carbons (Fsp3) is 0.0750. The van der Waals surface area contributed by atoms with Crippen LogP contribution in [0.3, 0.4) is 0 Å². The second kappa shape index (κ2) is 8.80. The van der Waals surface area contributed by atoms with Crippen LogP contribution in [0.2, 0.25) is 0 Å². The lowest BCUT2D eigenvalue weighted by Gasteiger charge is -2.21. The Balaban J connectivity index is 1.24. The van der Waals surface area contributed by atoms with Crippen LogP contribution in [0.1, 0.15) is 25.0 Å². The van der Waals surface area contributed by atoms with Crippen LogP contribution in [0.15, 0.2) is 140 Å². The third-order valence-corrected chi connectivity index (χ3v) is 9.33. The van der Waals surface area contributed by atoms with Crippen LogP contribution in [0.5, 0.6) is 0 Å². The molecule has 1 aliphatic carbocycles. The molecule has 0 bridgehead atoms. The quantitative estimate of drug-likeness (QED) is 0.214. The van der Waals surface area contributed by atoms with Crippen molar-refractivity contribution in [3.05, 3.63) is 151 Å². The average Bonchev–Trinajstić information content (AvgIpc) is 3.67. The standard InChI is InChI=1S/C40H29N3/c1-40(2)33-16-8-6-14-29(33)31-24-32-30-15-7-10-18-36(30)42(38(32)25-34(31)40)28-22-20-26(21-23-28)39-41-35-17-9-11-19-37(35)43(39)27-12-4-3-5-13-27/h3-25H,1-2H3. The Hall–Kier alpha value is -5.41. The van der Waals surface area contributed by atoms with E-state index in [1.54, 1.807) is 0 Å². The van der Waals surface area contributed by atoms with E-state index in [0.29, 0.717) is 0 Å². The molecule has 0 saturated heterocycles. The van der Waals surface area contributed by atoms with Gasteiger partial charge in [0.1, 0.15) is 5.82 Å². The molecule has 9 rings (SSSR count).